The molecule has 16 heavy (non-hydrogen) atoms. The van der Waals surface area contributed by atoms with Gasteiger partial charge in [0.1, 0.15) is 5.15 Å². The Morgan fingerprint density at radius 3 is 3.12 bits per heavy atom. The van der Waals surface area contributed by atoms with Crippen LogP contribution in [0.15, 0.2) is 12.3 Å². The molecule has 0 aromatic carbocycles. The van der Waals surface area contributed by atoms with Gasteiger partial charge in [-0.3, -0.25) is 0 Å². The van der Waals surface area contributed by atoms with Gasteiger partial charge >= 0.3 is 0 Å². The first-order chi connectivity index (χ1) is 7.66. The minimum Gasteiger partial charge on any atom is -0.389 e. The summed E-state index contributed by atoms with van der Waals surface area (Å²) in [5.74, 6) is 0. The Hall–Kier alpha value is -0.840. The third-order valence-corrected chi connectivity index (χ3v) is 2.85. The SMILES string of the molecule is CC(O)c1cnc(Cl)cc1N[C@H]1CCOC1. The largest absolute Gasteiger partial charge is 0.389 e. The van der Waals surface area contributed by atoms with Crippen molar-refractivity contribution in [2.24, 2.45) is 0 Å². The molecule has 0 bridgehead atoms. The average Bonchev–Trinajstić information content (AvgIpc) is 2.70. The van der Waals surface area contributed by atoms with Crippen LogP contribution in [0.5, 0.6) is 0 Å². The van der Waals surface area contributed by atoms with Crippen molar-refractivity contribution in [2.75, 3.05) is 18.5 Å². The van der Waals surface area contributed by atoms with E-state index in [0.717, 1.165) is 24.3 Å². The van der Waals surface area contributed by atoms with Crippen LogP contribution < -0.4 is 5.32 Å². The molecule has 1 aromatic rings. The molecule has 1 aliphatic heterocycles. The highest BCUT2D eigenvalue weighted by molar-refractivity contribution is 6.29. The normalized spacial score (nSPS) is 22.1. The highest BCUT2D eigenvalue weighted by Crippen LogP contribution is 2.26. The fraction of sp³-hybridized carbons (Fsp3) is 0.545. The summed E-state index contributed by atoms with van der Waals surface area (Å²) in [5, 5.41) is 13.4. The van der Waals surface area contributed by atoms with E-state index in [4.69, 9.17) is 16.3 Å². The van der Waals surface area contributed by atoms with E-state index in [0.29, 0.717) is 11.8 Å². The van der Waals surface area contributed by atoms with Crippen LogP contribution >= 0.6 is 11.6 Å². The number of hydrogen-bond donors (Lipinski definition) is 2. The van der Waals surface area contributed by atoms with E-state index in [1.165, 1.54) is 0 Å². The van der Waals surface area contributed by atoms with Crippen molar-refractivity contribution in [3.8, 4) is 0 Å². The molecule has 1 unspecified atom stereocenters. The van der Waals surface area contributed by atoms with Gasteiger partial charge < -0.3 is 15.2 Å². The van der Waals surface area contributed by atoms with Gasteiger partial charge in [-0.15, -0.1) is 0 Å². The molecule has 0 aliphatic carbocycles. The number of aliphatic hydroxyl groups excluding tert-OH is 1. The molecule has 1 saturated heterocycles. The van der Waals surface area contributed by atoms with Gasteiger partial charge in [-0.25, -0.2) is 4.98 Å². The summed E-state index contributed by atoms with van der Waals surface area (Å²) >= 11 is 5.84. The molecule has 0 radical (unpaired) electrons. The Labute approximate surface area is 99.6 Å². The van der Waals surface area contributed by atoms with Gasteiger partial charge in [0, 0.05) is 24.1 Å². The third-order valence-electron chi connectivity index (χ3n) is 2.64. The lowest BCUT2D eigenvalue weighted by atomic mass is 10.1. The highest BCUT2D eigenvalue weighted by Gasteiger charge is 2.18. The van der Waals surface area contributed by atoms with Crippen molar-refractivity contribution < 1.29 is 9.84 Å². The van der Waals surface area contributed by atoms with Crippen molar-refractivity contribution >= 4 is 17.3 Å². The number of aromatic nitrogens is 1. The Morgan fingerprint density at radius 1 is 1.69 bits per heavy atom. The zero-order valence-corrected chi connectivity index (χ0v) is 9.87. The van der Waals surface area contributed by atoms with Crippen molar-refractivity contribution in [3.05, 3.63) is 23.0 Å². The van der Waals surface area contributed by atoms with Gasteiger partial charge in [0.05, 0.1) is 18.8 Å². The maximum atomic E-state index is 9.62. The van der Waals surface area contributed by atoms with E-state index in [1.54, 1.807) is 19.2 Å². The predicted molar refractivity (Wildman–Crippen MR) is 62.7 cm³/mol. The summed E-state index contributed by atoms with van der Waals surface area (Å²) in [6, 6.07) is 2.03. The molecule has 5 heteroatoms. The molecule has 1 aromatic heterocycles. The molecule has 0 spiro atoms. The minimum absolute atomic E-state index is 0.288. The second-order valence-electron chi connectivity index (χ2n) is 3.98. The molecule has 88 valence electrons. The van der Waals surface area contributed by atoms with E-state index in [2.05, 4.69) is 10.3 Å². The zero-order chi connectivity index (χ0) is 11.5. The van der Waals surface area contributed by atoms with Crippen molar-refractivity contribution in [2.45, 2.75) is 25.5 Å². The van der Waals surface area contributed by atoms with E-state index >= 15 is 0 Å². The minimum atomic E-state index is -0.561. The van der Waals surface area contributed by atoms with Crippen LogP contribution in [0.2, 0.25) is 5.15 Å². The molecule has 1 aliphatic rings. The fourth-order valence-electron chi connectivity index (χ4n) is 1.77. The van der Waals surface area contributed by atoms with Crippen molar-refractivity contribution in [3.63, 3.8) is 0 Å². The monoisotopic (exact) mass is 242 g/mol. The van der Waals surface area contributed by atoms with E-state index in [1.807, 2.05) is 0 Å². The van der Waals surface area contributed by atoms with E-state index in [9.17, 15) is 5.11 Å². The molecule has 0 saturated carbocycles. The molecule has 1 fully saturated rings. The van der Waals surface area contributed by atoms with Crippen LogP contribution in [-0.2, 0) is 4.74 Å². The molecule has 2 atom stereocenters. The molecular formula is C11H15ClN2O2. The smallest absolute Gasteiger partial charge is 0.131 e. The average molecular weight is 243 g/mol. The third kappa shape index (κ3) is 2.64. The summed E-state index contributed by atoms with van der Waals surface area (Å²) in [5.41, 5.74) is 1.60. The maximum absolute atomic E-state index is 9.62. The van der Waals surface area contributed by atoms with Gasteiger partial charge in [-0.2, -0.15) is 0 Å². The van der Waals surface area contributed by atoms with Crippen LogP contribution in [0.3, 0.4) is 0 Å². The number of hydrogen-bond acceptors (Lipinski definition) is 4. The van der Waals surface area contributed by atoms with E-state index < -0.39 is 6.10 Å². The molecule has 0 amide bonds. The van der Waals surface area contributed by atoms with Crippen LogP contribution in [0.25, 0.3) is 0 Å². The van der Waals surface area contributed by atoms with Crippen LogP contribution in [0, 0.1) is 0 Å². The van der Waals surface area contributed by atoms with Crippen molar-refractivity contribution in [1.29, 1.82) is 0 Å². The number of pyridine rings is 1. The summed E-state index contributed by atoms with van der Waals surface area (Å²) < 4.78 is 5.29. The molecule has 4 nitrogen and oxygen atoms in total. The Bertz CT molecular complexity index is 365. The number of halogens is 1. The van der Waals surface area contributed by atoms with Gasteiger partial charge in [0.25, 0.3) is 0 Å². The summed E-state index contributed by atoms with van der Waals surface area (Å²) in [4.78, 5) is 3.97. The fourth-order valence-corrected chi connectivity index (χ4v) is 1.92. The summed E-state index contributed by atoms with van der Waals surface area (Å²) in [6.07, 6.45) is 2.01. The first kappa shape index (κ1) is 11.6. The number of ether oxygens (including phenoxy) is 1. The van der Waals surface area contributed by atoms with Crippen LogP contribution in [0.4, 0.5) is 5.69 Å². The number of nitrogens with zero attached hydrogens (tertiary/aromatic N) is 1. The first-order valence-electron chi connectivity index (χ1n) is 5.34. The van der Waals surface area contributed by atoms with Gasteiger partial charge in [-0.1, -0.05) is 11.6 Å². The van der Waals surface area contributed by atoms with Gasteiger partial charge in [0.2, 0.25) is 0 Å². The quantitative estimate of drug-likeness (QED) is 0.796. The Balaban J connectivity index is 2.19. The van der Waals surface area contributed by atoms with Crippen molar-refractivity contribution in [1.82, 2.24) is 4.98 Å². The zero-order valence-electron chi connectivity index (χ0n) is 9.11. The van der Waals surface area contributed by atoms with E-state index in [-0.39, 0.29) is 6.04 Å². The molecular weight excluding hydrogens is 228 g/mol. The molecule has 2 N–H and O–H groups in total. The summed E-state index contributed by atoms with van der Waals surface area (Å²) in [6.45, 7) is 3.18. The van der Waals surface area contributed by atoms with Crippen LogP contribution in [0.1, 0.15) is 25.0 Å². The maximum Gasteiger partial charge on any atom is 0.131 e. The topological polar surface area (TPSA) is 54.4 Å². The van der Waals surface area contributed by atoms with Gasteiger partial charge in [-0.05, 0) is 19.4 Å². The standard InChI is InChI=1S/C11H15ClN2O2/c1-7(15)9-5-13-11(12)4-10(9)14-8-2-3-16-6-8/h4-5,7-8,15H,2-3,6H2,1H3,(H,13,14)/t7?,8-/m0/s1. The number of nitrogens with one attached hydrogen (secondary N) is 1. The predicted octanol–water partition coefficient (Wildman–Crippen LogP) is 1.99. The lowest BCUT2D eigenvalue weighted by molar-refractivity contribution is 0.194. The second kappa shape index (κ2) is 4.99. The lowest BCUT2D eigenvalue weighted by Crippen LogP contribution is -2.20. The second-order valence-corrected chi connectivity index (χ2v) is 4.36. The lowest BCUT2D eigenvalue weighted by Gasteiger charge is -2.17. The first-order valence-corrected chi connectivity index (χ1v) is 5.72. The Morgan fingerprint density at radius 2 is 2.50 bits per heavy atom. The van der Waals surface area contributed by atoms with Crippen LogP contribution in [-0.4, -0.2) is 29.3 Å². The number of anilines is 1. The number of aliphatic hydroxyl groups is 1. The number of rotatable bonds is 3. The molecule has 2 heterocycles. The molecule has 2 rings (SSSR count). The van der Waals surface area contributed by atoms with Gasteiger partial charge in [0.15, 0.2) is 0 Å². The highest BCUT2D eigenvalue weighted by atomic mass is 35.5. The summed E-state index contributed by atoms with van der Waals surface area (Å²) in [7, 11) is 0. The Kier molecular flexibility index (Phi) is 3.63.